The number of thioether (sulfide) groups is 1. The zero-order chi connectivity index (χ0) is 25.8. The van der Waals surface area contributed by atoms with Gasteiger partial charge in [-0.1, -0.05) is 55.4 Å². The van der Waals surface area contributed by atoms with Crippen LogP contribution >= 0.6 is 11.8 Å². The van der Waals surface area contributed by atoms with Crippen LogP contribution in [0.3, 0.4) is 0 Å². The van der Waals surface area contributed by atoms with Gasteiger partial charge in [0.1, 0.15) is 11.4 Å². The van der Waals surface area contributed by atoms with E-state index >= 15 is 0 Å². The van der Waals surface area contributed by atoms with Gasteiger partial charge in [-0.05, 0) is 17.7 Å². The number of nitrogens with zero attached hydrogens (tertiary/aromatic N) is 3. The third-order valence-electron chi connectivity index (χ3n) is 6.26. The molecule has 1 aliphatic rings. The number of benzene rings is 2. The largest absolute Gasteiger partial charge is 0.382 e. The second-order valence-corrected chi connectivity index (χ2v) is 11.1. The van der Waals surface area contributed by atoms with Crippen molar-refractivity contribution in [2.45, 2.75) is 49.1 Å². The molecule has 8 nitrogen and oxygen atoms in total. The van der Waals surface area contributed by atoms with Crippen molar-refractivity contribution < 1.29 is 14.4 Å². The molecule has 1 fully saturated rings. The maximum atomic E-state index is 10.6. The van der Waals surface area contributed by atoms with Gasteiger partial charge in [0.2, 0.25) is 0 Å². The Hall–Kier alpha value is -3.24. The Morgan fingerprint density at radius 3 is 2.41 bits per heavy atom. The van der Waals surface area contributed by atoms with Crippen molar-refractivity contribution in [3.05, 3.63) is 66.4 Å². The van der Waals surface area contributed by atoms with E-state index in [0.717, 1.165) is 16.7 Å². The first-order valence-electron chi connectivity index (χ1n) is 12.4. The van der Waals surface area contributed by atoms with Gasteiger partial charge >= 0.3 is 0 Å². The van der Waals surface area contributed by atoms with Gasteiger partial charge in [0.05, 0.1) is 25.1 Å². The van der Waals surface area contributed by atoms with Gasteiger partial charge in [0.15, 0.2) is 17.3 Å². The van der Waals surface area contributed by atoms with E-state index in [9.17, 15) is 5.11 Å². The molecule has 0 unspecified atom stereocenters. The Kier molecular flexibility index (Phi) is 7.57. The summed E-state index contributed by atoms with van der Waals surface area (Å²) in [6, 6.07) is 18.1. The molecule has 0 spiro atoms. The Bertz CT molecular complexity index is 1330. The lowest BCUT2D eigenvalue weighted by Gasteiger charge is -2.33. The molecule has 0 atom stereocenters. The van der Waals surface area contributed by atoms with Crippen LogP contribution in [0.5, 0.6) is 0 Å². The van der Waals surface area contributed by atoms with Crippen molar-refractivity contribution in [1.82, 2.24) is 20.4 Å². The summed E-state index contributed by atoms with van der Waals surface area (Å²) in [6.45, 7) is 6.05. The number of nitrogens with one attached hydrogen (secondary N) is 1. The van der Waals surface area contributed by atoms with Crippen molar-refractivity contribution in [3.8, 4) is 34.0 Å². The minimum absolute atomic E-state index is 0.283. The monoisotopic (exact) mass is 517 g/mol. The van der Waals surface area contributed by atoms with Gasteiger partial charge in [0, 0.05) is 46.7 Å². The molecule has 0 aliphatic carbocycles. The van der Waals surface area contributed by atoms with Crippen molar-refractivity contribution in [3.63, 3.8) is 0 Å². The van der Waals surface area contributed by atoms with E-state index in [1.54, 1.807) is 6.20 Å². The predicted molar refractivity (Wildman–Crippen MR) is 146 cm³/mol. The number of hydrogen-bond donors (Lipinski definition) is 3. The van der Waals surface area contributed by atoms with Crippen LogP contribution in [0.1, 0.15) is 32.3 Å². The lowest BCUT2D eigenvalue weighted by Crippen LogP contribution is -2.48. The molecule has 192 valence electrons. The fraction of sp³-hybridized carbons (Fsp3) is 0.321. The summed E-state index contributed by atoms with van der Waals surface area (Å²) in [5, 5.41) is 18.6. The first kappa shape index (κ1) is 25.4. The molecule has 0 saturated carbocycles. The Morgan fingerprint density at radius 1 is 1.03 bits per heavy atom. The smallest absolute Gasteiger partial charge is 0.189 e. The van der Waals surface area contributed by atoms with Crippen LogP contribution in [0.15, 0.2) is 70.2 Å². The van der Waals surface area contributed by atoms with E-state index in [4.69, 9.17) is 20.0 Å². The molecule has 9 heteroatoms. The first-order chi connectivity index (χ1) is 17.9. The number of anilines is 1. The van der Waals surface area contributed by atoms with E-state index in [-0.39, 0.29) is 5.82 Å². The quantitative estimate of drug-likeness (QED) is 0.216. The van der Waals surface area contributed by atoms with Gasteiger partial charge in [-0.2, -0.15) is 0 Å². The average molecular weight is 518 g/mol. The van der Waals surface area contributed by atoms with E-state index in [1.807, 2.05) is 54.2 Å². The summed E-state index contributed by atoms with van der Waals surface area (Å²) in [6.07, 6.45) is 2.84. The predicted octanol–water partition coefficient (Wildman–Crippen LogP) is 5.14. The topological polar surface area (TPSA) is 119 Å². The highest BCUT2D eigenvalue weighted by Gasteiger charge is 2.28. The van der Waals surface area contributed by atoms with Crippen LogP contribution in [-0.4, -0.2) is 44.4 Å². The molecule has 1 aliphatic heterocycles. The van der Waals surface area contributed by atoms with Crippen LogP contribution in [0.25, 0.3) is 34.0 Å². The molecule has 5 rings (SSSR count). The van der Waals surface area contributed by atoms with E-state index in [0.29, 0.717) is 60.7 Å². The van der Waals surface area contributed by atoms with E-state index in [2.05, 4.69) is 41.4 Å². The van der Waals surface area contributed by atoms with Crippen LogP contribution < -0.4 is 11.1 Å². The van der Waals surface area contributed by atoms with E-state index < -0.39 is 5.72 Å². The molecular weight excluding hydrogens is 486 g/mol. The molecule has 4 aromatic rings. The number of rotatable bonds is 8. The van der Waals surface area contributed by atoms with Crippen molar-refractivity contribution in [2.24, 2.45) is 0 Å². The highest BCUT2D eigenvalue weighted by molar-refractivity contribution is 7.99. The fourth-order valence-electron chi connectivity index (χ4n) is 4.16. The van der Waals surface area contributed by atoms with Gasteiger partial charge in [-0.15, -0.1) is 11.8 Å². The zero-order valence-corrected chi connectivity index (χ0v) is 21.8. The summed E-state index contributed by atoms with van der Waals surface area (Å²) in [5.74, 6) is 0.743. The summed E-state index contributed by atoms with van der Waals surface area (Å²) >= 11 is 1.82. The van der Waals surface area contributed by atoms with Crippen LogP contribution in [-0.2, 0) is 11.3 Å². The molecule has 3 heterocycles. The van der Waals surface area contributed by atoms with Crippen LogP contribution in [0.2, 0.25) is 0 Å². The van der Waals surface area contributed by atoms with Gasteiger partial charge in [-0.25, -0.2) is 9.97 Å². The Morgan fingerprint density at radius 2 is 1.70 bits per heavy atom. The molecule has 0 amide bonds. The number of nitrogen functional groups attached to an aromatic ring is 1. The third kappa shape index (κ3) is 6.19. The summed E-state index contributed by atoms with van der Waals surface area (Å²) in [4.78, 5) is 10.3. The highest BCUT2D eigenvalue weighted by Crippen LogP contribution is 2.31. The van der Waals surface area contributed by atoms with Gasteiger partial charge in [-0.3, -0.25) is 5.32 Å². The van der Waals surface area contributed by atoms with Crippen LogP contribution in [0, 0.1) is 0 Å². The van der Waals surface area contributed by atoms with Gasteiger partial charge < -0.3 is 20.1 Å². The van der Waals surface area contributed by atoms with Crippen molar-refractivity contribution in [2.75, 3.05) is 18.9 Å². The fourth-order valence-corrected chi connectivity index (χ4v) is 5.00. The summed E-state index contributed by atoms with van der Waals surface area (Å²) in [7, 11) is 0. The summed E-state index contributed by atoms with van der Waals surface area (Å²) in [5.41, 5.74) is 10.1. The van der Waals surface area contributed by atoms with Crippen LogP contribution in [0.4, 0.5) is 5.82 Å². The average Bonchev–Trinajstić information content (AvgIpc) is 3.39. The Labute approximate surface area is 220 Å². The molecule has 2 aromatic carbocycles. The minimum atomic E-state index is -0.872. The van der Waals surface area contributed by atoms with Gasteiger partial charge in [0.25, 0.3) is 0 Å². The summed E-state index contributed by atoms with van der Waals surface area (Å²) < 4.78 is 11.0. The van der Waals surface area contributed by atoms with Crippen molar-refractivity contribution in [1.29, 1.82) is 0 Å². The second-order valence-electron chi connectivity index (χ2n) is 9.45. The number of aliphatic hydroxyl groups is 1. The first-order valence-corrected chi connectivity index (χ1v) is 13.3. The molecule has 2 aromatic heterocycles. The molecular formula is C28H31N5O3S. The number of hydrogen-bond acceptors (Lipinski definition) is 9. The Balaban J connectivity index is 1.30. The molecule has 0 bridgehead atoms. The maximum absolute atomic E-state index is 10.6. The number of aromatic nitrogens is 3. The molecule has 37 heavy (non-hydrogen) atoms. The minimum Gasteiger partial charge on any atom is -0.382 e. The SMILES string of the molecule is CC(C)Sc1ccc(-c2cnc(N)c(-c3cc(-c4ccc(CNC5(O)CCOCC5)cc4)no3)n2)cc1. The zero-order valence-electron chi connectivity index (χ0n) is 21.0. The standard InChI is InChI=1S/C28H31N5O3S/c1-18(2)37-22-9-7-21(8-10-22)24-17-30-27(29)26(32-24)25-15-23(33-36-25)20-5-3-19(4-6-20)16-31-28(34)11-13-35-14-12-28/h3-10,15,17-18,31,34H,11-14,16H2,1-2H3,(H2,29,30). The normalized spacial score (nSPS) is 15.2. The van der Waals surface area contributed by atoms with Crippen molar-refractivity contribution >= 4 is 17.6 Å². The lowest BCUT2D eigenvalue weighted by atomic mass is 10.0. The third-order valence-corrected chi connectivity index (χ3v) is 7.27. The van der Waals surface area contributed by atoms with E-state index in [1.165, 1.54) is 4.90 Å². The number of ether oxygens (including phenoxy) is 1. The highest BCUT2D eigenvalue weighted by atomic mass is 32.2. The lowest BCUT2D eigenvalue weighted by molar-refractivity contribution is -0.0858. The number of nitrogens with two attached hydrogens (primary N) is 1. The molecule has 4 N–H and O–H groups in total. The second kappa shape index (κ2) is 11.0. The molecule has 0 radical (unpaired) electrons. The molecule has 1 saturated heterocycles. The maximum Gasteiger partial charge on any atom is 0.189 e.